The van der Waals surface area contributed by atoms with Crippen LogP contribution in [0.15, 0.2) is 94.6 Å². The van der Waals surface area contributed by atoms with Crippen LogP contribution >= 0.6 is 0 Å². The number of anilines is 2. The van der Waals surface area contributed by atoms with Crippen LogP contribution in [-0.2, 0) is 23.1 Å². The maximum absolute atomic E-state index is 13.5. The number of halogens is 1. The zero-order valence-corrected chi connectivity index (χ0v) is 23.9. The van der Waals surface area contributed by atoms with Gasteiger partial charge in [-0.25, -0.2) is 12.8 Å². The first-order valence-corrected chi connectivity index (χ1v) is 15.4. The number of nitrogens with one attached hydrogen (secondary N) is 2. The lowest BCUT2D eigenvalue weighted by Gasteiger charge is -2.44. The Morgan fingerprint density at radius 2 is 1.71 bits per heavy atom. The van der Waals surface area contributed by atoms with E-state index in [-0.39, 0.29) is 33.9 Å². The summed E-state index contributed by atoms with van der Waals surface area (Å²) in [4.78, 5) is 27.7. The molecule has 0 spiro atoms. The third-order valence-corrected chi connectivity index (χ3v) is 9.40. The van der Waals surface area contributed by atoms with Crippen LogP contribution in [0.25, 0.3) is 0 Å². The van der Waals surface area contributed by atoms with E-state index in [1.807, 2.05) is 41.8 Å². The molecular weight excluding hydrogens is 555 g/mol. The highest BCUT2D eigenvalue weighted by Crippen LogP contribution is 2.39. The largest absolute Gasteiger partial charge is 0.369 e. The fourth-order valence-corrected chi connectivity index (χ4v) is 7.00. The van der Waals surface area contributed by atoms with E-state index in [9.17, 15) is 22.4 Å². The van der Waals surface area contributed by atoms with Crippen molar-refractivity contribution in [2.75, 3.05) is 22.7 Å². The SMILES string of the molecule is Cc1ccc(CNC(=O)c2ccc(N3C[C@H]4C[C@@H](C3)c3cccc(=O)n3C4)c(NS(=O)(=O)c3ccc(F)cc3)c2)cc1. The zero-order valence-electron chi connectivity index (χ0n) is 23.1. The van der Waals surface area contributed by atoms with E-state index in [1.165, 1.54) is 12.1 Å². The summed E-state index contributed by atoms with van der Waals surface area (Å²) in [6.45, 7) is 4.13. The standard InChI is InChI=1S/C32H31FN4O4S/c1-21-5-7-22(8-6-21)17-34-32(39)24-9-14-30(28(16-24)35-42(40,41)27-12-10-26(33)11-13-27)36-18-23-15-25(20-36)29-3-2-4-31(38)37(29)19-23/h2-14,16,23,25,35H,15,17-20H2,1H3,(H,34,39)/t23-,25+/m1/s1. The number of pyridine rings is 1. The fraction of sp³-hybridized carbons (Fsp3) is 0.250. The highest BCUT2D eigenvalue weighted by molar-refractivity contribution is 7.92. The number of hydrogen-bond acceptors (Lipinski definition) is 5. The average Bonchev–Trinajstić information content (AvgIpc) is 2.97. The highest BCUT2D eigenvalue weighted by atomic mass is 32.2. The number of carbonyl (C=O) groups is 1. The summed E-state index contributed by atoms with van der Waals surface area (Å²) in [5, 5.41) is 2.91. The summed E-state index contributed by atoms with van der Waals surface area (Å²) in [5.74, 6) is -0.574. The van der Waals surface area contributed by atoms with Crippen molar-refractivity contribution in [1.82, 2.24) is 9.88 Å². The summed E-state index contributed by atoms with van der Waals surface area (Å²) in [5.41, 5.74) is 4.23. The second-order valence-electron chi connectivity index (χ2n) is 11.1. The molecule has 8 nitrogen and oxygen atoms in total. The molecule has 0 unspecified atom stereocenters. The number of benzene rings is 3. The second kappa shape index (κ2) is 11.1. The van der Waals surface area contributed by atoms with Crippen LogP contribution in [0, 0.1) is 18.7 Å². The van der Waals surface area contributed by atoms with E-state index >= 15 is 0 Å². The van der Waals surface area contributed by atoms with Gasteiger partial charge in [-0.05, 0) is 73.4 Å². The molecule has 4 aromatic rings. The van der Waals surface area contributed by atoms with Crippen LogP contribution in [0.2, 0.25) is 0 Å². The molecule has 2 bridgehead atoms. The Morgan fingerprint density at radius 3 is 2.48 bits per heavy atom. The summed E-state index contributed by atoms with van der Waals surface area (Å²) in [6.07, 6.45) is 0.941. The second-order valence-corrected chi connectivity index (χ2v) is 12.7. The molecule has 42 heavy (non-hydrogen) atoms. The number of aromatic nitrogens is 1. The Morgan fingerprint density at radius 1 is 0.952 bits per heavy atom. The number of carbonyl (C=O) groups excluding carboxylic acids is 1. The third-order valence-electron chi connectivity index (χ3n) is 8.02. The number of aryl methyl sites for hydroxylation is 1. The summed E-state index contributed by atoms with van der Waals surface area (Å²) < 4.78 is 44.8. The van der Waals surface area contributed by atoms with Crippen molar-refractivity contribution in [2.45, 2.75) is 37.2 Å². The minimum Gasteiger partial charge on any atom is -0.369 e. The molecular formula is C32H31FN4O4S. The molecule has 3 heterocycles. The molecule has 0 radical (unpaired) electrons. The third kappa shape index (κ3) is 5.67. The molecule has 216 valence electrons. The van der Waals surface area contributed by atoms with Crippen molar-refractivity contribution < 1.29 is 17.6 Å². The number of amides is 1. The van der Waals surface area contributed by atoms with Gasteiger partial charge in [0.15, 0.2) is 0 Å². The molecule has 10 heteroatoms. The highest BCUT2D eigenvalue weighted by Gasteiger charge is 2.35. The molecule has 0 aliphatic carbocycles. The molecule has 2 aliphatic rings. The van der Waals surface area contributed by atoms with Gasteiger partial charge in [0.25, 0.3) is 21.5 Å². The molecule has 2 N–H and O–H groups in total. The minimum atomic E-state index is -4.09. The Bertz CT molecular complexity index is 1800. The minimum absolute atomic E-state index is 0.00982. The zero-order chi connectivity index (χ0) is 29.4. The van der Waals surface area contributed by atoms with Gasteiger partial charge in [-0.2, -0.15) is 0 Å². The van der Waals surface area contributed by atoms with Gasteiger partial charge in [0.2, 0.25) is 0 Å². The first-order valence-electron chi connectivity index (χ1n) is 13.9. The molecule has 1 amide bonds. The van der Waals surface area contributed by atoms with Gasteiger partial charge < -0.3 is 14.8 Å². The van der Waals surface area contributed by atoms with Gasteiger partial charge in [-0.3, -0.25) is 14.3 Å². The quantitative estimate of drug-likeness (QED) is 0.329. The lowest BCUT2D eigenvalue weighted by atomic mass is 9.83. The van der Waals surface area contributed by atoms with Crippen molar-refractivity contribution in [3.05, 3.63) is 123 Å². The molecule has 0 saturated carbocycles. The number of fused-ring (bicyclic) bond motifs is 4. The van der Waals surface area contributed by atoms with Gasteiger partial charge in [0, 0.05) is 49.4 Å². The van der Waals surface area contributed by atoms with Crippen LogP contribution in [0.1, 0.15) is 39.5 Å². The number of piperidine rings is 1. The van der Waals surface area contributed by atoms with E-state index in [2.05, 4.69) is 14.9 Å². The molecule has 1 fully saturated rings. The molecule has 2 aliphatic heterocycles. The summed E-state index contributed by atoms with van der Waals surface area (Å²) in [7, 11) is -4.09. The maximum Gasteiger partial charge on any atom is 0.261 e. The van der Waals surface area contributed by atoms with Gasteiger partial charge in [-0.15, -0.1) is 0 Å². The fourth-order valence-electron chi connectivity index (χ4n) is 5.94. The van der Waals surface area contributed by atoms with Crippen molar-refractivity contribution >= 4 is 27.3 Å². The number of nitrogens with zero attached hydrogens (tertiary/aromatic N) is 2. The lowest BCUT2D eigenvalue weighted by molar-refractivity contribution is 0.0951. The molecule has 3 aromatic carbocycles. The first-order chi connectivity index (χ1) is 20.2. The van der Waals surface area contributed by atoms with E-state index < -0.39 is 15.8 Å². The smallest absolute Gasteiger partial charge is 0.261 e. The van der Waals surface area contributed by atoms with Gasteiger partial charge in [0.05, 0.1) is 16.3 Å². The normalized spacial score (nSPS) is 17.8. The van der Waals surface area contributed by atoms with Crippen LogP contribution < -0.4 is 20.5 Å². The Kier molecular flexibility index (Phi) is 7.32. The number of sulfonamides is 1. The monoisotopic (exact) mass is 586 g/mol. The van der Waals surface area contributed by atoms with Gasteiger partial charge in [-0.1, -0.05) is 35.9 Å². The predicted octanol–water partition coefficient (Wildman–Crippen LogP) is 4.65. The predicted molar refractivity (Wildman–Crippen MR) is 160 cm³/mol. The van der Waals surface area contributed by atoms with Gasteiger partial charge in [0.1, 0.15) is 5.82 Å². The average molecular weight is 587 g/mol. The van der Waals surface area contributed by atoms with Crippen LogP contribution in [0.3, 0.4) is 0 Å². The molecule has 2 atom stereocenters. The van der Waals surface area contributed by atoms with E-state index in [0.717, 1.165) is 35.4 Å². The van der Waals surface area contributed by atoms with Crippen molar-refractivity contribution in [3.8, 4) is 0 Å². The van der Waals surface area contributed by atoms with Crippen molar-refractivity contribution in [1.29, 1.82) is 0 Å². The van der Waals surface area contributed by atoms with E-state index in [0.29, 0.717) is 37.4 Å². The van der Waals surface area contributed by atoms with Crippen LogP contribution in [-0.4, -0.2) is 32.0 Å². The Hall–Kier alpha value is -4.44. The number of rotatable bonds is 7. The van der Waals surface area contributed by atoms with Crippen LogP contribution in [0.5, 0.6) is 0 Å². The van der Waals surface area contributed by atoms with Gasteiger partial charge >= 0.3 is 0 Å². The first kappa shape index (κ1) is 27.7. The van der Waals surface area contributed by atoms with E-state index in [4.69, 9.17) is 0 Å². The van der Waals surface area contributed by atoms with Crippen molar-refractivity contribution in [2.24, 2.45) is 5.92 Å². The Labute approximate surface area is 243 Å². The van der Waals surface area contributed by atoms with Crippen molar-refractivity contribution in [3.63, 3.8) is 0 Å². The summed E-state index contributed by atoms with van der Waals surface area (Å²) >= 11 is 0. The molecule has 1 saturated heterocycles. The Balaban J connectivity index is 1.32. The topological polar surface area (TPSA) is 101 Å². The number of hydrogen-bond donors (Lipinski definition) is 2. The molecule has 1 aromatic heterocycles. The maximum atomic E-state index is 13.5. The van der Waals surface area contributed by atoms with Crippen LogP contribution in [0.4, 0.5) is 15.8 Å². The van der Waals surface area contributed by atoms with E-state index in [1.54, 1.807) is 30.3 Å². The molecule has 6 rings (SSSR count). The lowest BCUT2D eigenvalue weighted by Crippen LogP contribution is -2.47. The summed E-state index contributed by atoms with van der Waals surface area (Å²) in [6, 6.07) is 22.8.